The number of fused-ring (bicyclic) bond motifs is 1. The van der Waals surface area contributed by atoms with Gasteiger partial charge in [0, 0.05) is 22.6 Å². The van der Waals surface area contributed by atoms with Gasteiger partial charge in [-0.3, -0.25) is 0 Å². The first-order chi connectivity index (χ1) is 11.3. The summed E-state index contributed by atoms with van der Waals surface area (Å²) in [5.74, 6) is 0. The van der Waals surface area contributed by atoms with Gasteiger partial charge in [-0.2, -0.15) is 4.73 Å². The SMILES string of the molecule is [O-][n+]1ccc2c(-c3ccccc3)ncnc2c1-c1ccccc1. The van der Waals surface area contributed by atoms with Crippen molar-refractivity contribution in [1.29, 1.82) is 0 Å². The van der Waals surface area contributed by atoms with Crippen LogP contribution in [0.1, 0.15) is 0 Å². The molecular weight excluding hydrogens is 286 g/mol. The van der Waals surface area contributed by atoms with Crippen molar-refractivity contribution in [3.8, 4) is 22.5 Å². The zero-order valence-electron chi connectivity index (χ0n) is 12.3. The molecule has 0 saturated carbocycles. The molecule has 110 valence electrons. The maximum atomic E-state index is 12.3. The molecule has 0 fully saturated rings. The molecule has 0 bridgehead atoms. The largest absolute Gasteiger partial charge is 0.618 e. The van der Waals surface area contributed by atoms with Crippen LogP contribution in [0.4, 0.5) is 0 Å². The predicted molar refractivity (Wildman–Crippen MR) is 89.4 cm³/mol. The van der Waals surface area contributed by atoms with Gasteiger partial charge in [0.1, 0.15) is 11.8 Å². The van der Waals surface area contributed by atoms with Crippen LogP contribution in [-0.4, -0.2) is 9.97 Å². The van der Waals surface area contributed by atoms with Crippen molar-refractivity contribution in [2.75, 3.05) is 0 Å². The minimum absolute atomic E-state index is 0.544. The van der Waals surface area contributed by atoms with Gasteiger partial charge >= 0.3 is 0 Å². The molecule has 4 aromatic rings. The normalized spacial score (nSPS) is 10.8. The Kier molecular flexibility index (Phi) is 3.20. The van der Waals surface area contributed by atoms with Gasteiger partial charge in [-0.25, -0.2) is 9.97 Å². The van der Waals surface area contributed by atoms with Gasteiger partial charge in [-0.05, 0) is 12.1 Å². The number of aromatic nitrogens is 3. The predicted octanol–water partition coefficient (Wildman–Crippen LogP) is 3.60. The van der Waals surface area contributed by atoms with Gasteiger partial charge < -0.3 is 5.21 Å². The van der Waals surface area contributed by atoms with E-state index in [1.165, 1.54) is 12.5 Å². The standard InChI is InChI=1S/C19H13N3O/c23-22-12-11-16-17(14-7-3-1-4-8-14)20-13-21-18(16)19(22)15-9-5-2-6-10-15/h1-13H. The number of rotatable bonds is 2. The van der Waals surface area contributed by atoms with Crippen molar-refractivity contribution in [3.05, 3.63) is 84.5 Å². The minimum atomic E-state index is 0.544. The van der Waals surface area contributed by atoms with Crippen LogP contribution >= 0.6 is 0 Å². The lowest BCUT2D eigenvalue weighted by Crippen LogP contribution is -2.28. The number of benzene rings is 2. The van der Waals surface area contributed by atoms with Crippen molar-refractivity contribution in [3.63, 3.8) is 0 Å². The van der Waals surface area contributed by atoms with Gasteiger partial charge in [-0.15, -0.1) is 0 Å². The fraction of sp³-hybridized carbons (Fsp3) is 0. The first-order valence-corrected chi connectivity index (χ1v) is 7.32. The maximum absolute atomic E-state index is 12.3. The molecule has 0 aliphatic heterocycles. The highest BCUT2D eigenvalue weighted by Crippen LogP contribution is 2.29. The zero-order valence-corrected chi connectivity index (χ0v) is 12.3. The lowest BCUT2D eigenvalue weighted by Gasteiger charge is -2.09. The number of pyridine rings is 1. The van der Waals surface area contributed by atoms with E-state index in [2.05, 4.69) is 9.97 Å². The van der Waals surface area contributed by atoms with Crippen LogP contribution in [0.5, 0.6) is 0 Å². The smallest absolute Gasteiger partial charge is 0.250 e. The van der Waals surface area contributed by atoms with Crippen LogP contribution in [-0.2, 0) is 0 Å². The number of hydrogen-bond acceptors (Lipinski definition) is 3. The fourth-order valence-corrected chi connectivity index (χ4v) is 2.75. The molecule has 0 unspecified atom stereocenters. The number of nitrogens with zero attached hydrogens (tertiary/aromatic N) is 3. The summed E-state index contributed by atoms with van der Waals surface area (Å²) in [7, 11) is 0. The van der Waals surface area contributed by atoms with E-state index in [1.54, 1.807) is 6.07 Å². The molecule has 0 amide bonds. The highest BCUT2D eigenvalue weighted by molar-refractivity contribution is 5.97. The van der Waals surface area contributed by atoms with E-state index in [-0.39, 0.29) is 0 Å². The summed E-state index contributed by atoms with van der Waals surface area (Å²) in [5.41, 5.74) is 3.87. The summed E-state index contributed by atoms with van der Waals surface area (Å²) in [6.07, 6.45) is 3.03. The van der Waals surface area contributed by atoms with E-state index in [0.29, 0.717) is 11.2 Å². The second-order valence-electron chi connectivity index (χ2n) is 5.21. The Morgan fingerprint density at radius 1 is 0.739 bits per heavy atom. The molecule has 4 heteroatoms. The van der Waals surface area contributed by atoms with Crippen molar-refractivity contribution in [2.24, 2.45) is 0 Å². The monoisotopic (exact) mass is 299 g/mol. The van der Waals surface area contributed by atoms with Crippen molar-refractivity contribution in [1.82, 2.24) is 9.97 Å². The Balaban J connectivity index is 2.05. The van der Waals surface area contributed by atoms with Gasteiger partial charge in [0.05, 0.1) is 5.69 Å². The molecular formula is C19H13N3O. The second kappa shape index (κ2) is 5.50. The average Bonchev–Trinajstić information content (AvgIpc) is 2.62. The van der Waals surface area contributed by atoms with Crippen LogP contribution in [0.25, 0.3) is 33.4 Å². The Labute approximate surface area is 133 Å². The molecule has 0 aliphatic carbocycles. The maximum Gasteiger partial charge on any atom is 0.250 e. The second-order valence-corrected chi connectivity index (χ2v) is 5.21. The first-order valence-electron chi connectivity index (χ1n) is 7.32. The summed E-state index contributed by atoms with van der Waals surface area (Å²) >= 11 is 0. The van der Waals surface area contributed by atoms with Crippen molar-refractivity contribution in [2.45, 2.75) is 0 Å². The van der Waals surface area contributed by atoms with Gasteiger partial charge in [0.25, 0.3) is 0 Å². The van der Waals surface area contributed by atoms with E-state index in [9.17, 15) is 5.21 Å². The summed E-state index contributed by atoms with van der Waals surface area (Å²) < 4.78 is 0.861. The molecule has 0 radical (unpaired) electrons. The Morgan fingerprint density at radius 3 is 2.09 bits per heavy atom. The van der Waals surface area contributed by atoms with E-state index < -0.39 is 0 Å². The lowest BCUT2D eigenvalue weighted by molar-refractivity contribution is -0.592. The Bertz CT molecular complexity index is 970. The first kappa shape index (κ1) is 13.4. The molecule has 0 N–H and O–H groups in total. The Hall–Kier alpha value is -3.27. The molecule has 23 heavy (non-hydrogen) atoms. The third kappa shape index (κ3) is 2.30. The quantitative estimate of drug-likeness (QED) is 0.420. The molecule has 2 aromatic heterocycles. The van der Waals surface area contributed by atoms with Crippen LogP contribution in [0.3, 0.4) is 0 Å². The van der Waals surface area contributed by atoms with E-state index >= 15 is 0 Å². The minimum Gasteiger partial charge on any atom is -0.618 e. The molecule has 4 nitrogen and oxygen atoms in total. The van der Waals surface area contributed by atoms with Gasteiger partial charge in [0.15, 0.2) is 6.20 Å². The lowest BCUT2D eigenvalue weighted by atomic mass is 10.0. The zero-order chi connectivity index (χ0) is 15.6. The van der Waals surface area contributed by atoms with E-state index in [1.807, 2.05) is 60.7 Å². The molecule has 2 aromatic carbocycles. The molecule has 2 heterocycles. The van der Waals surface area contributed by atoms with Crippen molar-refractivity contribution >= 4 is 10.9 Å². The van der Waals surface area contributed by atoms with Crippen LogP contribution in [0.2, 0.25) is 0 Å². The van der Waals surface area contributed by atoms with Crippen molar-refractivity contribution < 1.29 is 4.73 Å². The van der Waals surface area contributed by atoms with Crippen LogP contribution < -0.4 is 4.73 Å². The van der Waals surface area contributed by atoms with Gasteiger partial charge in [-0.1, -0.05) is 48.5 Å². The fourth-order valence-electron chi connectivity index (χ4n) is 2.75. The van der Waals surface area contributed by atoms with E-state index in [4.69, 9.17) is 0 Å². The third-order valence-corrected chi connectivity index (χ3v) is 3.80. The topological polar surface area (TPSA) is 52.7 Å². The summed E-state index contributed by atoms with van der Waals surface area (Å²) in [5, 5.41) is 13.2. The van der Waals surface area contributed by atoms with E-state index in [0.717, 1.165) is 26.9 Å². The molecule has 0 spiro atoms. The third-order valence-electron chi connectivity index (χ3n) is 3.80. The molecule has 0 saturated heterocycles. The molecule has 0 atom stereocenters. The molecule has 0 aliphatic rings. The average molecular weight is 299 g/mol. The summed E-state index contributed by atoms with van der Waals surface area (Å²) in [4.78, 5) is 8.79. The van der Waals surface area contributed by atoms with Gasteiger partial charge in [0.2, 0.25) is 5.69 Å². The molecule has 4 rings (SSSR count). The van der Waals surface area contributed by atoms with Crippen LogP contribution in [0, 0.1) is 5.21 Å². The highest BCUT2D eigenvalue weighted by Gasteiger charge is 2.18. The number of hydrogen-bond donors (Lipinski definition) is 0. The summed E-state index contributed by atoms with van der Waals surface area (Å²) in [6.45, 7) is 0. The summed E-state index contributed by atoms with van der Waals surface area (Å²) in [6, 6.07) is 21.3. The van der Waals surface area contributed by atoms with Crippen LogP contribution in [0.15, 0.2) is 79.3 Å². The highest BCUT2D eigenvalue weighted by atomic mass is 16.5. The Morgan fingerprint density at radius 2 is 1.39 bits per heavy atom.